The van der Waals surface area contributed by atoms with E-state index < -0.39 is 5.97 Å². The van der Waals surface area contributed by atoms with E-state index in [1.54, 1.807) is 6.92 Å². The Morgan fingerprint density at radius 2 is 1.88 bits per heavy atom. The number of aromatic amines is 1. The summed E-state index contributed by atoms with van der Waals surface area (Å²) in [5.41, 5.74) is 1.83. The Hall–Kier alpha value is -3.41. The lowest BCUT2D eigenvalue weighted by molar-refractivity contribution is 0.0690. The van der Waals surface area contributed by atoms with Gasteiger partial charge in [-0.15, -0.1) is 0 Å². The number of hydrogen-bond acceptors (Lipinski definition) is 3. The Morgan fingerprint density at radius 3 is 2.62 bits per heavy atom. The van der Waals surface area contributed by atoms with Crippen molar-refractivity contribution in [2.75, 3.05) is 0 Å². The van der Waals surface area contributed by atoms with E-state index in [9.17, 15) is 9.59 Å². The number of H-pyrrole nitrogens is 1. The molecule has 6 heteroatoms. The van der Waals surface area contributed by atoms with Gasteiger partial charge in [0.15, 0.2) is 5.69 Å². The van der Waals surface area contributed by atoms with E-state index >= 15 is 0 Å². The Kier molecular flexibility index (Phi) is 2.99. The van der Waals surface area contributed by atoms with Crippen molar-refractivity contribution in [3.63, 3.8) is 0 Å². The maximum Gasteiger partial charge on any atom is 0.356 e. The lowest BCUT2D eigenvalue weighted by Gasteiger charge is -2.09. The minimum atomic E-state index is -1.16. The van der Waals surface area contributed by atoms with Gasteiger partial charge < -0.3 is 10.1 Å². The topological polar surface area (TPSA) is 87.5 Å². The van der Waals surface area contributed by atoms with Crippen molar-refractivity contribution >= 4 is 22.3 Å². The molecule has 0 aliphatic carbocycles. The number of nitrogens with zero attached hydrogens (tertiary/aromatic N) is 2. The van der Waals surface area contributed by atoms with Gasteiger partial charge >= 0.3 is 5.97 Å². The Morgan fingerprint density at radius 1 is 1.12 bits per heavy atom. The first kappa shape index (κ1) is 14.2. The van der Waals surface area contributed by atoms with Crippen molar-refractivity contribution < 1.29 is 9.90 Å². The van der Waals surface area contributed by atoms with Gasteiger partial charge in [-0.25, -0.2) is 9.31 Å². The fourth-order valence-corrected chi connectivity index (χ4v) is 2.90. The van der Waals surface area contributed by atoms with Gasteiger partial charge in [0.05, 0.1) is 11.4 Å². The number of carboxylic acids is 1. The van der Waals surface area contributed by atoms with E-state index in [0.29, 0.717) is 11.4 Å². The standard InChI is InChI=1S/C18H13N3O3/c1-10-16(13-7-6-11-4-2-3-5-12(11)8-13)19-17(22)15-9-14(18(23)24)20-21(10)15/h2-9H,1H3,(H,19,22)(H,23,24). The smallest absolute Gasteiger partial charge is 0.356 e. The second kappa shape index (κ2) is 5.06. The van der Waals surface area contributed by atoms with Crippen LogP contribution < -0.4 is 5.56 Å². The van der Waals surface area contributed by atoms with Crippen molar-refractivity contribution in [3.05, 3.63) is 70.3 Å². The fourth-order valence-electron chi connectivity index (χ4n) is 2.90. The summed E-state index contributed by atoms with van der Waals surface area (Å²) in [6, 6.07) is 15.1. The molecule has 2 aromatic carbocycles. The van der Waals surface area contributed by atoms with Gasteiger partial charge in [-0.2, -0.15) is 5.10 Å². The Labute approximate surface area is 136 Å². The second-order valence-corrected chi connectivity index (χ2v) is 5.61. The van der Waals surface area contributed by atoms with Crippen LogP contribution in [-0.4, -0.2) is 25.7 Å². The molecule has 6 nitrogen and oxygen atoms in total. The van der Waals surface area contributed by atoms with E-state index in [1.165, 1.54) is 10.6 Å². The number of aromatic nitrogens is 3. The van der Waals surface area contributed by atoms with Crippen LogP contribution in [0.25, 0.3) is 27.5 Å². The zero-order valence-electron chi connectivity index (χ0n) is 12.8. The number of carboxylic acid groups (broad SMARTS) is 1. The van der Waals surface area contributed by atoms with Crippen LogP contribution in [0.2, 0.25) is 0 Å². The average Bonchev–Trinajstić information content (AvgIpc) is 3.04. The maximum absolute atomic E-state index is 12.3. The van der Waals surface area contributed by atoms with Crippen molar-refractivity contribution in [1.82, 2.24) is 14.6 Å². The molecule has 0 amide bonds. The summed E-state index contributed by atoms with van der Waals surface area (Å²) >= 11 is 0. The molecule has 0 bridgehead atoms. The summed E-state index contributed by atoms with van der Waals surface area (Å²) in [5, 5.41) is 15.3. The molecular formula is C18H13N3O3. The first-order valence-corrected chi connectivity index (χ1v) is 7.40. The first-order chi connectivity index (χ1) is 11.5. The summed E-state index contributed by atoms with van der Waals surface area (Å²) in [6.07, 6.45) is 0. The monoisotopic (exact) mass is 319 g/mol. The third-order valence-electron chi connectivity index (χ3n) is 4.12. The molecule has 0 aliphatic heterocycles. The van der Waals surface area contributed by atoms with Crippen LogP contribution in [0.4, 0.5) is 0 Å². The highest BCUT2D eigenvalue weighted by Gasteiger charge is 2.16. The van der Waals surface area contributed by atoms with Gasteiger partial charge in [0.1, 0.15) is 5.52 Å². The first-order valence-electron chi connectivity index (χ1n) is 7.40. The van der Waals surface area contributed by atoms with Crippen molar-refractivity contribution in [3.8, 4) is 11.3 Å². The Balaban J connectivity index is 2.00. The average molecular weight is 319 g/mol. The molecule has 0 saturated heterocycles. The number of aromatic carboxylic acids is 1. The van der Waals surface area contributed by atoms with Crippen LogP contribution in [0.5, 0.6) is 0 Å². The number of aryl methyl sites for hydroxylation is 1. The molecule has 0 saturated carbocycles. The molecule has 2 heterocycles. The highest BCUT2D eigenvalue weighted by Crippen LogP contribution is 2.25. The molecule has 0 unspecified atom stereocenters. The number of carbonyl (C=O) groups is 1. The molecular weight excluding hydrogens is 306 g/mol. The lowest BCUT2D eigenvalue weighted by Crippen LogP contribution is -2.14. The van der Waals surface area contributed by atoms with Crippen LogP contribution in [-0.2, 0) is 0 Å². The van der Waals surface area contributed by atoms with Crippen LogP contribution in [0.3, 0.4) is 0 Å². The second-order valence-electron chi connectivity index (χ2n) is 5.61. The van der Waals surface area contributed by atoms with E-state index in [4.69, 9.17) is 5.11 Å². The number of nitrogens with one attached hydrogen (secondary N) is 1. The lowest BCUT2D eigenvalue weighted by atomic mass is 10.0. The zero-order chi connectivity index (χ0) is 16.8. The molecule has 2 N–H and O–H groups in total. The molecule has 0 spiro atoms. The summed E-state index contributed by atoms with van der Waals surface area (Å²) in [7, 11) is 0. The van der Waals surface area contributed by atoms with E-state index in [1.807, 2.05) is 42.5 Å². The van der Waals surface area contributed by atoms with Crippen LogP contribution in [0.15, 0.2) is 53.3 Å². The molecule has 118 valence electrons. The van der Waals surface area contributed by atoms with Crippen molar-refractivity contribution in [2.24, 2.45) is 0 Å². The molecule has 24 heavy (non-hydrogen) atoms. The number of fused-ring (bicyclic) bond motifs is 2. The van der Waals surface area contributed by atoms with E-state index in [-0.39, 0.29) is 16.8 Å². The maximum atomic E-state index is 12.3. The molecule has 0 fully saturated rings. The van der Waals surface area contributed by atoms with Crippen LogP contribution in [0.1, 0.15) is 16.2 Å². The van der Waals surface area contributed by atoms with Gasteiger partial charge in [0.25, 0.3) is 5.56 Å². The highest BCUT2D eigenvalue weighted by molar-refractivity contribution is 5.88. The van der Waals surface area contributed by atoms with Gasteiger partial charge in [-0.1, -0.05) is 36.4 Å². The van der Waals surface area contributed by atoms with Crippen LogP contribution in [0, 0.1) is 6.92 Å². The predicted molar refractivity (Wildman–Crippen MR) is 90.5 cm³/mol. The minimum Gasteiger partial charge on any atom is -0.476 e. The molecule has 0 radical (unpaired) electrons. The summed E-state index contributed by atoms with van der Waals surface area (Å²) in [6.45, 7) is 1.80. The van der Waals surface area contributed by atoms with Gasteiger partial charge in [-0.05, 0) is 23.8 Å². The molecule has 2 aromatic heterocycles. The number of rotatable bonds is 2. The van der Waals surface area contributed by atoms with E-state index in [2.05, 4.69) is 10.1 Å². The largest absolute Gasteiger partial charge is 0.476 e. The summed E-state index contributed by atoms with van der Waals surface area (Å²) in [4.78, 5) is 26.3. The Bertz CT molecular complexity index is 1170. The summed E-state index contributed by atoms with van der Waals surface area (Å²) in [5.74, 6) is -1.16. The zero-order valence-corrected chi connectivity index (χ0v) is 12.8. The SMILES string of the molecule is Cc1c(-c2ccc3ccccc3c2)[nH]c(=O)c2cc(C(=O)O)nn12. The van der Waals surface area contributed by atoms with E-state index in [0.717, 1.165) is 16.3 Å². The quantitative estimate of drug-likeness (QED) is 0.595. The fraction of sp³-hybridized carbons (Fsp3) is 0.0556. The molecule has 0 atom stereocenters. The number of hydrogen-bond donors (Lipinski definition) is 2. The predicted octanol–water partition coefficient (Wildman–Crippen LogP) is 2.85. The van der Waals surface area contributed by atoms with Crippen molar-refractivity contribution in [1.29, 1.82) is 0 Å². The van der Waals surface area contributed by atoms with Crippen LogP contribution >= 0.6 is 0 Å². The third-order valence-corrected chi connectivity index (χ3v) is 4.12. The minimum absolute atomic E-state index is 0.153. The molecule has 0 aliphatic rings. The third kappa shape index (κ3) is 2.08. The van der Waals surface area contributed by atoms with Gasteiger partial charge in [-0.3, -0.25) is 4.79 Å². The number of benzene rings is 2. The van der Waals surface area contributed by atoms with Gasteiger partial charge in [0, 0.05) is 11.6 Å². The molecule has 4 aromatic rings. The highest BCUT2D eigenvalue weighted by atomic mass is 16.4. The summed E-state index contributed by atoms with van der Waals surface area (Å²) < 4.78 is 1.38. The van der Waals surface area contributed by atoms with Gasteiger partial charge in [0.2, 0.25) is 0 Å². The normalized spacial score (nSPS) is 11.2. The molecule has 4 rings (SSSR count). The van der Waals surface area contributed by atoms with Crippen molar-refractivity contribution in [2.45, 2.75) is 6.92 Å².